The lowest BCUT2D eigenvalue weighted by Gasteiger charge is -2.36. The largest absolute Gasteiger partial charge is 0.316 e. The van der Waals surface area contributed by atoms with Crippen LogP contribution in [0.2, 0.25) is 0 Å². The Labute approximate surface area is 77.5 Å². The van der Waals surface area contributed by atoms with Gasteiger partial charge in [0.25, 0.3) is 0 Å². The Hall–Kier alpha value is 0.240. The van der Waals surface area contributed by atoms with E-state index in [1.807, 2.05) is 11.8 Å². The van der Waals surface area contributed by atoms with Crippen molar-refractivity contribution in [3.05, 3.63) is 0 Å². The van der Waals surface area contributed by atoms with Crippen LogP contribution in [0.3, 0.4) is 0 Å². The zero-order valence-electron chi connectivity index (χ0n) is 7.31. The molecule has 1 spiro atoms. The van der Waals surface area contributed by atoms with E-state index in [1.54, 1.807) is 0 Å². The van der Waals surface area contributed by atoms with Crippen LogP contribution in [0.25, 0.3) is 0 Å². The van der Waals surface area contributed by atoms with Gasteiger partial charge >= 0.3 is 0 Å². The van der Waals surface area contributed by atoms with Gasteiger partial charge in [0.05, 0.1) is 6.67 Å². The van der Waals surface area contributed by atoms with Crippen molar-refractivity contribution in [2.24, 2.45) is 11.3 Å². The summed E-state index contributed by atoms with van der Waals surface area (Å²) in [5.41, 5.74) is 0.333. The molecule has 0 amide bonds. The van der Waals surface area contributed by atoms with E-state index in [0.717, 1.165) is 13.1 Å². The molecular weight excluding hydrogens is 173 g/mol. The third-order valence-electron chi connectivity index (χ3n) is 3.41. The summed E-state index contributed by atoms with van der Waals surface area (Å²) in [4.78, 5) is 0. The Morgan fingerprint density at radius 1 is 1.42 bits per heavy atom. The second-order valence-corrected chi connectivity index (χ2v) is 5.18. The fourth-order valence-corrected chi connectivity index (χ4v) is 3.74. The highest BCUT2D eigenvalue weighted by atomic mass is 32.2. The highest BCUT2D eigenvalue weighted by molar-refractivity contribution is 7.99. The van der Waals surface area contributed by atoms with Crippen LogP contribution in [-0.4, -0.2) is 31.3 Å². The van der Waals surface area contributed by atoms with Crippen LogP contribution in [-0.2, 0) is 0 Å². The third kappa shape index (κ3) is 1.37. The van der Waals surface area contributed by atoms with Crippen molar-refractivity contribution >= 4 is 11.8 Å². The second-order valence-electron chi connectivity index (χ2n) is 3.96. The predicted molar refractivity (Wildman–Crippen MR) is 51.3 cm³/mol. The zero-order valence-corrected chi connectivity index (χ0v) is 8.13. The van der Waals surface area contributed by atoms with Gasteiger partial charge in [-0.1, -0.05) is 0 Å². The lowest BCUT2D eigenvalue weighted by Crippen LogP contribution is -2.35. The number of halogens is 1. The fraction of sp³-hybridized carbons (Fsp3) is 1.00. The molecule has 1 nitrogen and oxygen atoms in total. The van der Waals surface area contributed by atoms with Crippen LogP contribution in [0.15, 0.2) is 0 Å². The minimum atomic E-state index is -0.127. The van der Waals surface area contributed by atoms with Crippen LogP contribution in [0.1, 0.15) is 12.8 Å². The molecule has 12 heavy (non-hydrogen) atoms. The van der Waals surface area contributed by atoms with E-state index < -0.39 is 0 Å². The van der Waals surface area contributed by atoms with Gasteiger partial charge in [-0.15, -0.1) is 0 Å². The van der Waals surface area contributed by atoms with E-state index in [0.29, 0.717) is 11.3 Å². The van der Waals surface area contributed by atoms with Gasteiger partial charge in [-0.3, -0.25) is 4.39 Å². The number of thioether (sulfide) groups is 1. The lowest BCUT2D eigenvalue weighted by molar-refractivity contribution is 0.170. The number of hydrogen-bond donors (Lipinski definition) is 1. The molecule has 2 heterocycles. The second kappa shape index (κ2) is 3.54. The molecule has 2 aliphatic heterocycles. The molecule has 3 heteroatoms. The standard InChI is InChI=1S/C9H16FNS/c10-5-8-6-11-7-9(8)1-3-12-4-2-9/h8,11H,1-7H2. The van der Waals surface area contributed by atoms with Crippen LogP contribution in [0.5, 0.6) is 0 Å². The first-order chi connectivity index (χ1) is 5.87. The fourth-order valence-electron chi connectivity index (χ4n) is 2.44. The molecule has 0 aromatic heterocycles. The summed E-state index contributed by atoms with van der Waals surface area (Å²) in [7, 11) is 0. The quantitative estimate of drug-likeness (QED) is 0.673. The average Bonchev–Trinajstić information content (AvgIpc) is 2.49. The Kier molecular flexibility index (Phi) is 2.60. The van der Waals surface area contributed by atoms with Crippen LogP contribution in [0, 0.1) is 11.3 Å². The van der Waals surface area contributed by atoms with Gasteiger partial charge in [-0.2, -0.15) is 11.8 Å². The van der Waals surface area contributed by atoms with Crippen molar-refractivity contribution in [1.82, 2.24) is 5.32 Å². The van der Waals surface area contributed by atoms with Gasteiger partial charge in [0.2, 0.25) is 0 Å². The maximum Gasteiger partial charge on any atom is 0.0940 e. The maximum absolute atomic E-state index is 12.7. The van der Waals surface area contributed by atoms with Gasteiger partial charge in [0.1, 0.15) is 0 Å². The van der Waals surface area contributed by atoms with Crippen LogP contribution >= 0.6 is 11.8 Å². The number of alkyl halides is 1. The molecular formula is C9H16FNS. The Bertz CT molecular complexity index is 157. The van der Waals surface area contributed by atoms with E-state index in [2.05, 4.69) is 5.32 Å². The molecule has 1 atom stereocenters. The Balaban J connectivity index is 2.05. The summed E-state index contributed by atoms with van der Waals surface area (Å²) < 4.78 is 12.7. The molecule has 70 valence electrons. The molecule has 0 aromatic rings. The van der Waals surface area contributed by atoms with Crippen molar-refractivity contribution in [1.29, 1.82) is 0 Å². The monoisotopic (exact) mass is 189 g/mol. The summed E-state index contributed by atoms with van der Waals surface area (Å²) in [6.07, 6.45) is 2.44. The summed E-state index contributed by atoms with van der Waals surface area (Å²) >= 11 is 2.02. The van der Waals surface area contributed by atoms with E-state index in [9.17, 15) is 4.39 Å². The van der Waals surface area contributed by atoms with Gasteiger partial charge < -0.3 is 5.32 Å². The maximum atomic E-state index is 12.7. The first-order valence-electron chi connectivity index (χ1n) is 4.72. The summed E-state index contributed by atoms with van der Waals surface area (Å²) in [6.45, 7) is 1.83. The minimum Gasteiger partial charge on any atom is -0.316 e. The van der Waals surface area contributed by atoms with Gasteiger partial charge in [0.15, 0.2) is 0 Å². The van der Waals surface area contributed by atoms with Crippen molar-refractivity contribution in [3.8, 4) is 0 Å². The van der Waals surface area contributed by atoms with E-state index in [-0.39, 0.29) is 6.67 Å². The number of rotatable bonds is 1. The van der Waals surface area contributed by atoms with E-state index in [4.69, 9.17) is 0 Å². The minimum absolute atomic E-state index is 0.127. The molecule has 0 saturated carbocycles. The third-order valence-corrected chi connectivity index (χ3v) is 4.39. The molecule has 2 fully saturated rings. The molecule has 2 rings (SSSR count). The lowest BCUT2D eigenvalue weighted by atomic mass is 9.74. The van der Waals surface area contributed by atoms with E-state index >= 15 is 0 Å². The highest BCUT2D eigenvalue weighted by Crippen LogP contribution is 2.43. The highest BCUT2D eigenvalue weighted by Gasteiger charge is 2.43. The molecule has 0 bridgehead atoms. The normalized spacial score (nSPS) is 34.2. The molecule has 1 unspecified atom stereocenters. The van der Waals surface area contributed by atoms with Crippen molar-refractivity contribution in [2.45, 2.75) is 12.8 Å². The summed E-state index contributed by atoms with van der Waals surface area (Å²) in [6, 6.07) is 0. The van der Waals surface area contributed by atoms with Crippen LogP contribution < -0.4 is 5.32 Å². The first kappa shape index (κ1) is 8.82. The SMILES string of the molecule is FCC1CNCC12CCSCC2. The molecule has 2 saturated heterocycles. The predicted octanol–water partition coefficient (Wildman–Crippen LogP) is 1.69. The van der Waals surface area contributed by atoms with Gasteiger partial charge in [-0.05, 0) is 29.8 Å². The van der Waals surface area contributed by atoms with Crippen molar-refractivity contribution in [3.63, 3.8) is 0 Å². The van der Waals surface area contributed by atoms with Crippen molar-refractivity contribution in [2.75, 3.05) is 31.3 Å². The first-order valence-corrected chi connectivity index (χ1v) is 5.87. The summed E-state index contributed by atoms with van der Waals surface area (Å²) in [5, 5.41) is 3.33. The van der Waals surface area contributed by atoms with Gasteiger partial charge in [-0.25, -0.2) is 0 Å². The average molecular weight is 189 g/mol. The van der Waals surface area contributed by atoms with Crippen molar-refractivity contribution < 1.29 is 4.39 Å². The van der Waals surface area contributed by atoms with Gasteiger partial charge in [0, 0.05) is 19.0 Å². The molecule has 2 aliphatic rings. The number of hydrogen-bond acceptors (Lipinski definition) is 2. The summed E-state index contributed by atoms with van der Waals surface area (Å²) in [5.74, 6) is 2.77. The Morgan fingerprint density at radius 3 is 2.83 bits per heavy atom. The molecule has 0 aromatic carbocycles. The van der Waals surface area contributed by atoms with Crippen LogP contribution in [0.4, 0.5) is 4.39 Å². The smallest absolute Gasteiger partial charge is 0.0940 e. The Morgan fingerprint density at radius 2 is 2.17 bits per heavy atom. The topological polar surface area (TPSA) is 12.0 Å². The van der Waals surface area contributed by atoms with E-state index in [1.165, 1.54) is 24.3 Å². The molecule has 1 N–H and O–H groups in total. The zero-order chi connectivity index (χ0) is 8.44. The number of nitrogens with one attached hydrogen (secondary N) is 1. The molecule has 0 aliphatic carbocycles. The molecule has 0 radical (unpaired) electrons.